The fraction of sp³-hybridized carbons (Fsp3) is 0.409. The topological polar surface area (TPSA) is 83.9 Å². The van der Waals surface area contributed by atoms with E-state index in [2.05, 4.69) is 26.3 Å². The lowest BCUT2D eigenvalue weighted by molar-refractivity contribution is 0.0704. The van der Waals surface area contributed by atoms with Gasteiger partial charge in [-0.2, -0.15) is 0 Å². The van der Waals surface area contributed by atoms with Crippen LogP contribution < -0.4 is 5.32 Å². The van der Waals surface area contributed by atoms with E-state index in [1.165, 1.54) is 0 Å². The van der Waals surface area contributed by atoms with Crippen molar-refractivity contribution in [2.24, 2.45) is 0 Å². The van der Waals surface area contributed by atoms with Crippen molar-refractivity contribution < 1.29 is 4.79 Å². The van der Waals surface area contributed by atoms with E-state index >= 15 is 0 Å². The van der Waals surface area contributed by atoms with Crippen molar-refractivity contribution in [1.82, 2.24) is 24.8 Å². The monoisotopic (exact) mass is 422 g/mol. The van der Waals surface area contributed by atoms with Crippen molar-refractivity contribution in [3.05, 3.63) is 57.9 Å². The number of hydrogen-bond acceptors (Lipinski definition) is 7. The Hall–Kier alpha value is -2.87. The molecule has 0 aliphatic carbocycles. The van der Waals surface area contributed by atoms with Crippen molar-refractivity contribution in [2.75, 3.05) is 18.4 Å². The molecule has 3 aromatic rings. The van der Waals surface area contributed by atoms with Gasteiger partial charge in [0.1, 0.15) is 5.82 Å². The molecule has 1 atom stereocenters. The summed E-state index contributed by atoms with van der Waals surface area (Å²) < 4.78 is 0. The third-order valence-corrected chi connectivity index (χ3v) is 6.18. The number of carbonyl (C=O) groups excluding carboxylic acids is 1. The van der Waals surface area contributed by atoms with E-state index in [4.69, 9.17) is 4.98 Å². The summed E-state index contributed by atoms with van der Waals surface area (Å²) in [5.74, 6) is 0.884. The Morgan fingerprint density at radius 1 is 1.13 bits per heavy atom. The summed E-state index contributed by atoms with van der Waals surface area (Å²) in [4.78, 5) is 32.8. The van der Waals surface area contributed by atoms with Crippen molar-refractivity contribution in [1.29, 1.82) is 0 Å². The van der Waals surface area contributed by atoms with Gasteiger partial charge in [-0.15, -0.1) is 11.3 Å². The second kappa shape index (κ2) is 8.47. The van der Waals surface area contributed by atoms with Crippen LogP contribution in [0.4, 0.5) is 10.8 Å². The number of carbonyl (C=O) groups is 1. The van der Waals surface area contributed by atoms with Crippen molar-refractivity contribution in [3.8, 4) is 0 Å². The van der Waals surface area contributed by atoms with Crippen LogP contribution >= 0.6 is 11.3 Å². The summed E-state index contributed by atoms with van der Waals surface area (Å²) in [7, 11) is 0. The van der Waals surface area contributed by atoms with Crippen LogP contribution in [0.15, 0.2) is 23.7 Å². The van der Waals surface area contributed by atoms with E-state index in [0.717, 1.165) is 53.0 Å². The summed E-state index contributed by atoms with van der Waals surface area (Å²) in [6.07, 6.45) is 3.61. The zero-order valence-corrected chi connectivity index (χ0v) is 18.6. The van der Waals surface area contributed by atoms with E-state index in [1.54, 1.807) is 17.5 Å². The molecule has 0 spiro atoms. The quantitative estimate of drug-likeness (QED) is 0.674. The fourth-order valence-corrected chi connectivity index (χ4v) is 4.59. The smallest absolute Gasteiger partial charge is 0.257 e. The molecule has 0 saturated carbocycles. The third-order valence-electron chi connectivity index (χ3n) is 5.30. The lowest BCUT2D eigenvalue weighted by Gasteiger charge is -2.33. The minimum atomic E-state index is 0.00135. The molecule has 0 radical (unpaired) electrons. The first-order chi connectivity index (χ1) is 14.4. The molecule has 0 aromatic carbocycles. The first-order valence-electron chi connectivity index (χ1n) is 10.2. The Labute approximate surface area is 180 Å². The van der Waals surface area contributed by atoms with Crippen LogP contribution in [0.3, 0.4) is 0 Å². The standard InChI is InChI=1S/C22H26N6OS/c1-13-8-18(27-22-25-14(2)12-30-22)9-20(24-13)17-6-5-7-28(11-17)21(29)19-10-23-16(4)26-15(19)3/h8-10,12,17H,5-7,11H2,1-4H3,(H,24,25,27)/t17-/m1/s1. The van der Waals surface area contributed by atoms with Crippen LogP contribution in [0.25, 0.3) is 0 Å². The highest BCUT2D eigenvalue weighted by atomic mass is 32.1. The van der Waals surface area contributed by atoms with Gasteiger partial charge in [0.05, 0.1) is 17.0 Å². The number of likely N-dealkylation sites (tertiary alicyclic amines) is 1. The second-order valence-corrected chi connectivity index (χ2v) is 8.71. The Morgan fingerprint density at radius 2 is 1.97 bits per heavy atom. The summed E-state index contributed by atoms with van der Waals surface area (Å²) in [6.45, 7) is 9.08. The predicted molar refractivity (Wildman–Crippen MR) is 118 cm³/mol. The number of rotatable bonds is 4. The molecule has 0 unspecified atom stereocenters. The average Bonchev–Trinajstić information content (AvgIpc) is 3.12. The predicted octanol–water partition coefficient (Wildman–Crippen LogP) is 4.33. The van der Waals surface area contributed by atoms with Crippen LogP contribution in [0.2, 0.25) is 0 Å². The van der Waals surface area contributed by atoms with Crippen molar-refractivity contribution in [2.45, 2.75) is 46.5 Å². The van der Waals surface area contributed by atoms with Gasteiger partial charge in [-0.05, 0) is 52.7 Å². The number of piperidine rings is 1. The normalized spacial score (nSPS) is 16.5. The molecule has 30 heavy (non-hydrogen) atoms. The summed E-state index contributed by atoms with van der Waals surface area (Å²) in [6, 6.07) is 4.11. The number of nitrogens with zero attached hydrogens (tertiary/aromatic N) is 5. The fourth-order valence-electron chi connectivity index (χ4n) is 3.88. The van der Waals surface area contributed by atoms with E-state index in [1.807, 2.05) is 44.0 Å². The lowest BCUT2D eigenvalue weighted by Crippen LogP contribution is -2.39. The van der Waals surface area contributed by atoms with Gasteiger partial charge in [-0.25, -0.2) is 15.0 Å². The molecule has 1 fully saturated rings. The number of amides is 1. The minimum absolute atomic E-state index is 0.00135. The maximum absolute atomic E-state index is 13.1. The maximum atomic E-state index is 13.1. The summed E-state index contributed by atoms with van der Waals surface area (Å²) in [5, 5.41) is 6.29. The largest absolute Gasteiger partial charge is 0.338 e. The highest BCUT2D eigenvalue weighted by molar-refractivity contribution is 7.13. The molecule has 3 aromatic heterocycles. The molecule has 1 aliphatic rings. The maximum Gasteiger partial charge on any atom is 0.257 e. The van der Waals surface area contributed by atoms with Crippen LogP contribution in [-0.4, -0.2) is 43.8 Å². The Balaban J connectivity index is 1.53. The Morgan fingerprint density at radius 3 is 2.70 bits per heavy atom. The van der Waals surface area contributed by atoms with E-state index in [9.17, 15) is 4.79 Å². The number of nitrogens with one attached hydrogen (secondary N) is 1. The highest BCUT2D eigenvalue weighted by Crippen LogP contribution is 2.30. The second-order valence-electron chi connectivity index (χ2n) is 7.85. The van der Waals surface area contributed by atoms with Gasteiger partial charge in [0, 0.05) is 47.7 Å². The van der Waals surface area contributed by atoms with E-state index < -0.39 is 0 Å². The van der Waals surface area contributed by atoms with Crippen LogP contribution in [0.5, 0.6) is 0 Å². The zero-order valence-electron chi connectivity index (χ0n) is 17.8. The molecular weight excluding hydrogens is 396 g/mol. The van der Waals surface area contributed by atoms with E-state index in [-0.39, 0.29) is 11.8 Å². The minimum Gasteiger partial charge on any atom is -0.338 e. The van der Waals surface area contributed by atoms with Gasteiger partial charge in [0.2, 0.25) is 0 Å². The molecule has 4 rings (SSSR count). The summed E-state index contributed by atoms with van der Waals surface area (Å²) >= 11 is 1.59. The molecule has 1 amide bonds. The molecule has 1 N–H and O–H groups in total. The SMILES string of the molecule is Cc1cc(Nc2nc(C)cs2)cc([C@@H]2CCCN(C(=O)c3cnc(C)nc3C)C2)n1. The molecule has 1 saturated heterocycles. The number of aromatic nitrogens is 4. The van der Waals surface area contributed by atoms with Gasteiger partial charge in [0.25, 0.3) is 5.91 Å². The van der Waals surface area contributed by atoms with E-state index in [0.29, 0.717) is 17.9 Å². The molecule has 1 aliphatic heterocycles. The number of hydrogen-bond donors (Lipinski definition) is 1. The molecular formula is C22H26N6OS. The molecule has 156 valence electrons. The zero-order chi connectivity index (χ0) is 21.3. The van der Waals surface area contributed by atoms with Gasteiger partial charge >= 0.3 is 0 Å². The number of pyridine rings is 1. The molecule has 4 heterocycles. The van der Waals surface area contributed by atoms with Gasteiger partial charge in [-0.1, -0.05) is 0 Å². The molecule has 0 bridgehead atoms. The third kappa shape index (κ3) is 4.48. The van der Waals surface area contributed by atoms with Crippen LogP contribution in [-0.2, 0) is 0 Å². The number of anilines is 2. The Kier molecular flexibility index (Phi) is 5.76. The van der Waals surface area contributed by atoms with Crippen LogP contribution in [0, 0.1) is 27.7 Å². The van der Waals surface area contributed by atoms with Gasteiger partial charge < -0.3 is 10.2 Å². The Bertz CT molecular complexity index is 1080. The number of thiazole rings is 1. The van der Waals surface area contributed by atoms with Gasteiger partial charge in [0.15, 0.2) is 5.13 Å². The average molecular weight is 423 g/mol. The summed E-state index contributed by atoms with van der Waals surface area (Å²) in [5.41, 5.74) is 5.27. The first-order valence-corrected chi connectivity index (χ1v) is 11.0. The van der Waals surface area contributed by atoms with Crippen molar-refractivity contribution >= 4 is 28.1 Å². The van der Waals surface area contributed by atoms with Gasteiger partial charge in [-0.3, -0.25) is 9.78 Å². The van der Waals surface area contributed by atoms with Crippen molar-refractivity contribution in [3.63, 3.8) is 0 Å². The number of aryl methyl sites for hydroxylation is 4. The first kappa shape index (κ1) is 20.4. The molecule has 7 nitrogen and oxygen atoms in total. The highest BCUT2D eigenvalue weighted by Gasteiger charge is 2.28. The lowest BCUT2D eigenvalue weighted by atomic mass is 9.93. The molecule has 8 heteroatoms. The van der Waals surface area contributed by atoms with Crippen LogP contribution in [0.1, 0.15) is 57.7 Å².